The summed E-state index contributed by atoms with van der Waals surface area (Å²) in [5.74, 6) is -11.0. The highest BCUT2D eigenvalue weighted by molar-refractivity contribution is 5.99. The summed E-state index contributed by atoms with van der Waals surface area (Å²) in [6.07, 6.45) is -0.191. The van der Waals surface area contributed by atoms with Crippen LogP contribution in [0.5, 0.6) is 5.75 Å². The number of aliphatic hydroxyl groups is 1. The number of primary amides is 2. The molecule has 2 heterocycles. The SMILES string of the molecule is CNC(=N)NCCC[C@H](NC(=O)[C@H](CC(C)C)NC(=O)NNC(=O)[C@H](Cc1ccccc1F)NC(=O)C(NC(=O)[C@H](CC(N)=O)NC(=O)[C@H](Cc1c[nH]c2ccccc12)NC(=O)[C@@H](Cc1ccc(O)cc1)NC(C)=O)[C@@H](C)O)C(=O)N[C@@H](Cc1c[nH]c2ccccc12)C(N)=O. The Morgan fingerprint density at radius 2 is 1.04 bits per heavy atom. The number of hydrogen-bond donors (Lipinski definition) is 19. The molecule has 0 aliphatic carbocycles. The van der Waals surface area contributed by atoms with Gasteiger partial charge in [0.15, 0.2) is 5.96 Å². The molecule has 95 heavy (non-hydrogen) atoms. The molecule has 30 nitrogen and oxygen atoms in total. The fraction of sp³-hybridized carbons (Fsp3) is 0.375. The summed E-state index contributed by atoms with van der Waals surface area (Å²) in [5, 5.41) is 55.6. The molecule has 21 N–H and O–H groups in total. The fourth-order valence-corrected chi connectivity index (χ4v) is 10.3. The lowest BCUT2D eigenvalue weighted by Crippen LogP contribution is -2.62. The number of carbonyl (C=O) groups excluding carboxylic acids is 11. The van der Waals surface area contributed by atoms with Gasteiger partial charge in [-0.05, 0) is 84.7 Å². The third-order valence-electron chi connectivity index (χ3n) is 15.2. The third kappa shape index (κ3) is 22.3. The maximum absolute atomic E-state index is 15.3. The minimum absolute atomic E-state index is 0.00469. The van der Waals surface area contributed by atoms with E-state index in [2.05, 4.69) is 74.0 Å². The molecule has 0 aliphatic heterocycles. The number of hydrogen-bond acceptors (Lipinski definition) is 14. The number of benzene rings is 4. The lowest BCUT2D eigenvalue weighted by molar-refractivity contribution is -0.137. The van der Waals surface area contributed by atoms with Gasteiger partial charge in [0.1, 0.15) is 59.9 Å². The van der Waals surface area contributed by atoms with Crippen molar-refractivity contribution in [2.24, 2.45) is 17.4 Å². The number of nitrogens with one attached hydrogen (secondary N) is 15. The van der Waals surface area contributed by atoms with Crippen LogP contribution in [-0.4, -0.2) is 159 Å². The number of aromatic amines is 2. The second kappa shape index (κ2) is 35.1. The second-order valence-corrected chi connectivity index (χ2v) is 23.1. The van der Waals surface area contributed by atoms with E-state index >= 15 is 4.39 Å². The van der Waals surface area contributed by atoms with Crippen molar-refractivity contribution in [1.29, 1.82) is 5.41 Å². The Balaban J connectivity index is 1.17. The summed E-state index contributed by atoms with van der Waals surface area (Å²) >= 11 is 0. The number of fused-ring (bicyclic) bond motifs is 2. The number of H-pyrrole nitrogens is 2. The molecule has 6 aromatic rings. The highest BCUT2D eigenvalue weighted by Crippen LogP contribution is 2.22. The molecule has 0 spiro atoms. The molecule has 0 saturated heterocycles. The molecule has 12 amide bonds. The molecule has 0 saturated carbocycles. The highest BCUT2D eigenvalue weighted by atomic mass is 19.1. The molecular weight excluding hydrogens is 1230 g/mol. The van der Waals surface area contributed by atoms with Gasteiger partial charge in [0.2, 0.25) is 53.2 Å². The number of phenols is 1. The number of halogens is 1. The minimum Gasteiger partial charge on any atom is -0.508 e. The summed E-state index contributed by atoms with van der Waals surface area (Å²) in [4.78, 5) is 157. The van der Waals surface area contributed by atoms with Gasteiger partial charge in [-0.3, -0.25) is 58.8 Å². The lowest BCUT2D eigenvalue weighted by Gasteiger charge is -2.28. The Bertz CT molecular complexity index is 3730. The van der Waals surface area contributed by atoms with Crippen LogP contribution in [0.25, 0.3) is 21.8 Å². The van der Waals surface area contributed by atoms with E-state index in [0.29, 0.717) is 27.6 Å². The van der Waals surface area contributed by atoms with Crippen LogP contribution >= 0.6 is 0 Å². The predicted octanol–water partition coefficient (Wildman–Crippen LogP) is -0.811. The number of aromatic nitrogens is 2. The average Bonchev–Trinajstić information content (AvgIpc) is 1.75. The van der Waals surface area contributed by atoms with E-state index < -0.39 is 138 Å². The van der Waals surface area contributed by atoms with E-state index in [-0.39, 0.29) is 68.3 Å². The number of aliphatic hydroxyl groups excluding tert-OH is 1. The van der Waals surface area contributed by atoms with Crippen molar-refractivity contribution in [2.45, 2.75) is 134 Å². The minimum atomic E-state index is -2.00. The highest BCUT2D eigenvalue weighted by Gasteiger charge is 2.37. The Kier molecular flexibility index (Phi) is 26.9. The number of nitrogens with two attached hydrogens (primary N) is 2. The standard InChI is InChI=1S/C64H82FN17O13/c1-33(2)25-48(57(89)74-46(19-12-24-70-63(68)69-5)56(88)75-47(55(67)87)28-38-31-71-44-17-10-7-14-41(38)44)79-64(95)82-81-61(93)51(27-37-13-6-9-16-43(37)65)78-62(94)54(34(3)83)80-60(92)52(30-53(66)86)77-59(91)50(29-39-32-72-45-18-11-8-15-42(39)45)76-58(90)49(73-35(4)84)26-36-20-22-40(85)23-21-36/h6-11,13-18,20-23,31-34,46-52,54,71-72,83,85H,12,19,24-30H2,1-5H3,(H2,66,86)(H2,67,87)(H,73,84)(H,74,89)(H,75,88)(H,76,90)(H,77,91)(H,78,94)(H,80,92)(H,81,93)(H3,68,69,70)(H2,79,82,95)/t34-,46+,47+,48+,49-,50+,51+,52+,54?/m1/s1. The van der Waals surface area contributed by atoms with Crippen molar-refractivity contribution in [3.05, 3.63) is 138 Å². The molecule has 0 aliphatic rings. The summed E-state index contributed by atoms with van der Waals surface area (Å²) in [5.41, 5.74) is 18.6. The van der Waals surface area contributed by atoms with Crippen molar-refractivity contribution >= 4 is 92.9 Å². The Labute approximate surface area is 545 Å². The number of amides is 12. The van der Waals surface area contributed by atoms with Crippen LogP contribution in [0.3, 0.4) is 0 Å². The number of aromatic hydroxyl groups is 1. The summed E-state index contributed by atoms with van der Waals surface area (Å²) in [6.45, 7) is 5.92. The molecular formula is C64H82FN17O13. The molecule has 0 fully saturated rings. The van der Waals surface area contributed by atoms with Crippen LogP contribution < -0.4 is 75.5 Å². The lowest BCUT2D eigenvalue weighted by atomic mass is 10.0. The molecule has 6 rings (SSSR count). The largest absolute Gasteiger partial charge is 0.508 e. The van der Waals surface area contributed by atoms with Crippen molar-refractivity contribution in [2.75, 3.05) is 13.6 Å². The van der Waals surface area contributed by atoms with Gasteiger partial charge in [-0.2, -0.15) is 0 Å². The predicted molar refractivity (Wildman–Crippen MR) is 347 cm³/mol. The maximum Gasteiger partial charge on any atom is 0.334 e. The van der Waals surface area contributed by atoms with E-state index in [1.54, 1.807) is 50.5 Å². The molecule has 2 aromatic heterocycles. The third-order valence-corrected chi connectivity index (χ3v) is 15.2. The topological polar surface area (TPSA) is 480 Å². The van der Waals surface area contributed by atoms with Crippen LogP contribution in [0.2, 0.25) is 0 Å². The molecule has 0 bridgehead atoms. The van der Waals surface area contributed by atoms with Gasteiger partial charge in [0.25, 0.3) is 5.91 Å². The molecule has 1 unspecified atom stereocenters. The van der Waals surface area contributed by atoms with Crippen LogP contribution in [0.1, 0.15) is 75.6 Å². The van der Waals surface area contributed by atoms with E-state index in [1.165, 1.54) is 56.4 Å². The fourth-order valence-electron chi connectivity index (χ4n) is 10.3. The maximum atomic E-state index is 15.3. The van der Waals surface area contributed by atoms with Gasteiger partial charge < -0.3 is 84.8 Å². The molecule has 9 atom stereocenters. The molecule has 31 heteroatoms. The molecule has 0 radical (unpaired) electrons. The zero-order chi connectivity index (χ0) is 69.5. The van der Waals surface area contributed by atoms with Crippen molar-refractivity contribution in [1.82, 2.24) is 74.0 Å². The zero-order valence-electron chi connectivity index (χ0n) is 52.9. The normalized spacial score (nSPS) is 13.9. The van der Waals surface area contributed by atoms with Gasteiger partial charge in [0.05, 0.1) is 12.5 Å². The monoisotopic (exact) mass is 1320 g/mol. The van der Waals surface area contributed by atoms with E-state index in [4.69, 9.17) is 16.9 Å². The summed E-state index contributed by atoms with van der Waals surface area (Å²) in [6, 6.07) is 11.6. The Morgan fingerprint density at radius 3 is 1.61 bits per heavy atom. The van der Waals surface area contributed by atoms with Gasteiger partial charge in [-0.25, -0.2) is 14.6 Å². The van der Waals surface area contributed by atoms with E-state index in [1.807, 2.05) is 24.3 Å². The van der Waals surface area contributed by atoms with Crippen LogP contribution in [0.4, 0.5) is 9.18 Å². The quantitative estimate of drug-likeness (QED) is 0.0104. The average molecular weight is 1320 g/mol. The first-order chi connectivity index (χ1) is 45.2. The number of urea groups is 1. The van der Waals surface area contributed by atoms with Crippen molar-refractivity contribution in [3.8, 4) is 5.75 Å². The number of phenolic OH excluding ortho intramolecular Hbond substituents is 1. The number of hydrazine groups is 1. The van der Waals surface area contributed by atoms with Gasteiger partial charge in [0, 0.05) is 80.4 Å². The van der Waals surface area contributed by atoms with Crippen molar-refractivity contribution in [3.63, 3.8) is 0 Å². The van der Waals surface area contributed by atoms with Gasteiger partial charge in [-0.1, -0.05) is 80.6 Å². The van der Waals surface area contributed by atoms with Crippen LogP contribution in [-0.2, 0) is 73.6 Å². The zero-order valence-corrected chi connectivity index (χ0v) is 52.9. The smallest absolute Gasteiger partial charge is 0.334 e. The molecule has 4 aromatic carbocycles. The first kappa shape index (κ1) is 72.9. The first-order valence-electron chi connectivity index (χ1n) is 30.5. The molecule has 508 valence electrons. The first-order valence-corrected chi connectivity index (χ1v) is 30.5. The van der Waals surface area contributed by atoms with Crippen molar-refractivity contribution < 1.29 is 67.3 Å². The number of carbonyl (C=O) groups is 11. The Morgan fingerprint density at radius 1 is 0.547 bits per heavy atom. The Hall–Kier alpha value is -11.1. The summed E-state index contributed by atoms with van der Waals surface area (Å²) in [7, 11) is 1.53. The van der Waals surface area contributed by atoms with E-state index in [0.717, 1.165) is 23.9 Å². The van der Waals surface area contributed by atoms with Crippen LogP contribution in [0, 0.1) is 17.1 Å². The van der Waals surface area contributed by atoms with E-state index in [9.17, 15) is 63.0 Å². The number of para-hydroxylation sites is 2. The number of rotatable bonds is 33. The summed E-state index contributed by atoms with van der Waals surface area (Å²) < 4.78 is 15.3. The second-order valence-electron chi connectivity index (χ2n) is 23.1. The van der Waals surface area contributed by atoms with Gasteiger partial charge >= 0.3 is 6.03 Å². The number of guanidine groups is 1. The van der Waals surface area contributed by atoms with Crippen LogP contribution in [0.15, 0.2) is 109 Å². The van der Waals surface area contributed by atoms with Gasteiger partial charge in [-0.15, -0.1) is 0 Å².